The fourth-order valence-corrected chi connectivity index (χ4v) is 4.02. The van der Waals surface area contributed by atoms with Crippen LogP contribution < -0.4 is 5.32 Å². The number of carbonyl (C=O) groups is 2. The average molecular weight is 493 g/mol. The third-order valence-corrected chi connectivity index (χ3v) is 6.07. The van der Waals surface area contributed by atoms with Crippen LogP contribution in [0.4, 0.5) is 28.0 Å². The minimum Gasteiger partial charge on any atom is -0.444 e. The van der Waals surface area contributed by atoms with Gasteiger partial charge in [-0.2, -0.15) is 13.2 Å². The maximum absolute atomic E-state index is 14.0. The first-order chi connectivity index (χ1) is 16.3. The first-order valence-corrected chi connectivity index (χ1v) is 11.6. The number of nitrogens with one attached hydrogen (secondary N) is 1. The number of nitrogens with zero attached hydrogens (tertiary/aromatic N) is 1. The summed E-state index contributed by atoms with van der Waals surface area (Å²) in [4.78, 5) is 27.0. The first-order valence-electron chi connectivity index (χ1n) is 11.6. The molecule has 0 aromatic heterocycles. The van der Waals surface area contributed by atoms with E-state index >= 15 is 0 Å². The first kappa shape index (κ1) is 25.0. The smallest absolute Gasteiger partial charge is 0.416 e. The van der Waals surface area contributed by atoms with E-state index in [1.54, 1.807) is 24.3 Å². The number of anilines is 1. The molecular weight excluding hydrogens is 464 g/mol. The predicted octanol–water partition coefficient (Wildman–Crippen LogP) is 6.60. The molecule has 1 N–H and O–H groups in total. The Bertz CT molecular complexity index is 1110. The van der Waals surface area contributed by atoms with Gasteiger partial charge < -0.3 is 15.0 Å². The molecule has 2 aliphatic rings. The Labute approximate surface area is 201 Å². The molecule has 0 bridgehead atoms. The van der Waals surface area contributed by atoms with Crippen LogP contribution in [0.1, 0.15) is 67.4 Å². The molecule has 0 saturated heterocycles. The molecule has 9 heteroatoms. The topological polar surface area (TPSA) is 58.6 Å². The van der Waals surface area contributed by atoms with Crippen molar-refractivity contribution >= 4 is 17.7 Å². The van der Waals surface area contributed by atoms with Gasteiger partial charge in [0.15, 0.2) is 0 Å². The molecule has 2 aromatic rings. The lowest BCUT2D eigenvalue weighted by Gasteiger charge is -2.28. The van der Waals surface area contributed by atoms with Gasteiger partial charge in [-0.3, -0.25) is 4.79 Å². The van der Waals surface area contributed by atoms with Crippen LogP contribution in [0.25, 0.3) is 0 Å². The summed E-state index contributed by atoms with van der Waals surface area (Å²) in [6.45, 7) is 6.18. The van der Waals surface area contributed by atoms with E-state index in [0.717, 1.165) is 24.8 Å². The molecule has 0 unspecified atom stereocenters. The Hall–Kier alpha value is -3.10. The number of amides is 2. The van der Waals surface area contributed by atoms with Crippen molar-refractivity contribution in [2.24, 2.45) is 5.92 Å². The molecule has 0 radical (unpaired) electrons. The number of carbonyl (C=O) groups excluding carboxylic acids is 2. The Morgan fingerprint density at radius 2 is 1.71 bits per heavy atom. The van der Waals surface area contributed by atoms with E-state index in [1.807, 2.05) is 25.7 Å². The summed E-state index contributed by atoms with van der Waals surface area (Å²) in [6.07, 6.45) is -1.98. The van der Waals surface area contributed by atoms with Gasteiger partial charge in [0.05, 0.1) is 11.1 Å². The largest absolute Gasteiger partial charge is 0.444 e. The van der Waals surface area contributed by atoms with E-state index in [1.165, 1.54) is 0 Å². The van der Waals surface area contributed by atoms with E-state index < -0.39 is 34.6 Å². The van der Waals surface area contributed by atoms with Gasteiger partial charge in [0.2, 0.25) is 0 Å². The number of benzene rings is 2. The van der Waals surface area contributed by atoms with Crippen molar-refractivity contribution in [1.29, 1.82) is 0 Å². The van der Waals surface area contributed by atoms with Crippen molar-refractivity contribution in [2.75, 3.05) is 11.9 Å². The Balaban J connectivity index is 1.41. The third kappa shape index (κ3) is 6.32. The second-order valence-electron chi connectivity index (χ2n) is 10.3. The molecule has 2 aliphatic carbocycles. The van der Waals surface area contributed by atoms with E-state index in [4.69, 9.17) is 4.74 Å². The zero-order valence-electron chi connectivity index (χ0n) is 19.8. The van der Waals surface area contributed by atoms with Crippen LogP contribution >= 0.6 is 0 Å². The molecule has 2 atom stereocenters. The number of hydrogen-bond donors (Lipinski definition) is 1. The van der Waals surface area contributed by atoms with Gasteiger partial charge in [0.25, 0.3) is 5.91 Å². The van der Waals surface area contributed by atoms with Gasteiger partial charge in [-0.25, -0.2) is 9.18 Å². The standard InChI is InChI=1S/C26H28F4N2O3/c1-25(2,3)35-24(34)32(14-15-4-5-15)22-13-19(22)16-6-9-18(10-7-16)31-23(33)20-12-17(26(28,29)30)8-11-21(20)27/h6-12,15,19,22H,4-5,13-14H2,1-3H3,(H,31,33)/t19-,22+/m0/s1. The maximum Gasteiger partial charge on any atom is 0.416 e. The van der Waals surface area contributed by atoms with Crippen LogP contribution in [0, 0.1) is 11.7 Å². The summed E-state index contributed by atoms with van der Waals surface area (Å²) in [5.74, 6) is -1.36. The average Bonchev–Trinajstić information content (AvgIpc) is 3.65. The number of halogens is 4. The minimum atomic E-state index is -4.68. The maximum atomic E-state index is 14.0. The quantitative estimate of drug-likeness (QED) is 0.462. The predicted molar refractivity (Wildman–Crippen MR) is 123 cm³/mol. The lowest BCUT2D eigenvalue weighted by Crippen LogP contribution is -2.40. The SMILES string of the molecule is CC(C)(C)OC(=O)N(CC1CC1)[C@@H]1C[C@H]1c1ccc(NC(=O)c2cc(C(F)(F)F)ccc2F)cc1. The van der Waals surface area contributed by atoms with Gasteiger partial charge >= 0.3 is 12.3 Å². The van der Waals surface area contributed by atoms with Gasteiger partial charge in [0.1, 0.15) is 11.4 Å². The highest BCUT2D eigenvalue weighted by molar-refractivity contribution is 6.04. The normalized spacial score (nSPS) is 19.7. The summed E-state index contributed by atoms with van der Waals surface area (Å²) < 4.78 is 58.4. The monoisotopic (exact) mass is 492 g/mol. The van der Waals surface area contributed by atoms with Gasteiger partial charge in [0, 0.05) is 24.2 Å². The molecule has 35 heavy (non-hydrogen) atoms. The van der Waals surface area contributed by atoms with E-state index in [9.17, 15) is 27.2 Å². The molecular formula is C26H28F4N2O3. The van der Waals surface area contributed by atoms with Crippen LogP contribution in [0.3, 0.4) is 0 Å². The lowest BCUT2D eigenvalue weighted by molar-refractivity contribution is -0.137. The fourth-order valence-electron chi connectivity index (χ4n) is 4.02. The third-order valence-electron chi connectivity index (χ3n) is 6.07. The summed E-state index contributed by atoms with van der Waals surface area (Å²) in [5.41, 5.74) is -1.06. The molecule has 2 fully saturated rings. The summed E-state index contributed by atoms with van der Waals surface area (Å²) >= 11 is 0. The Morgan fingerprint density at radius 1 is 1.06 bits per heavy atom. The Kier molecular flexibility index (Phi) is 6.55. The number of alkyl halides is 3. The highest BCUT2D eigenvalue weighted by atomic mass is 19.4. The van der Waals surface area contributed by atoms with E-state index in [0.29, 0.717) is 36.3 Å². The molecule has 2 amide bonds. The fraction of sp³-hybridized carbons (Fsp3) is 0.462. The molecule has 4 rings (SSSR count). The van der Waals surface area contributed by atoms with Crippen molar-refractivity contribution in [3.63, 3.8) is 0 Å². The second-order valence-corrected chi connectivity index (χ2v) is 10.3. The zero-order valence-corrected chi connectivity index (χ0v) is 19.8. The number of hydrogen-bond acceptors (Lipinski definition) is 3. The van der Waals surface area contributed by atoms with Gasteiger partial charge in [-0.15, -0.1) is 0 Å². The molecule has 2 saturated carbocycles. The van der Waals surface area contributed by atoms with Crippen molar-refractivity contribution < 1.29 is 31.9 Å². The number of rotatable bonds is 6. The van der Waals surface area contributed by atoms with Gasteiger partial charge in [-0.1, -0.05) is 12.1 Å². The van der Waals surface area contributed by atoms with Crippen LogP contribution in [0.2, 0.25) is 0 Å². The van der Waals surface area contributed by atoms with E-state index in [2.05, 4.69) is 5.32 Å². The van der Waals surface area contributed by atoms with Crippen LogP contribution in [-0.4, -0.2) is 35.1 Å². The second kappa shape index (κ2) is 9.17. The summed E-state index contributed by atoms with van der Waals surface area (Å²) in [6, 6.07) is 8.59. The molecule has 0 heterocycles. The lowest BCUT2D eigenvalue weighted by atomic mass is 10.1. The molecule has 0 spiro atoms. The van der Waals surface area contributed by atoms with Crippen LogP contribution in [-0.2, 0) is 10.9 Å². The minimum absolute atomic E-state index is 0.0325. The molecule has 188 valence electrons. The highest BCUT2D eigenvalue weighted by Gasteiger charge is 2.47. The van der Waals surface area contributed by atoms with E-state index in [-0.39, 0.29) is 18.1 Å². The highest BCUT2D eigenvalue weighted by Crippen LogP contribution is 2.47. The number of ether oxygens (including phenoxy) is 1. The van der Waals surface area contributed by atoms with Crippen LogP contribution in [0.15, 0.2) is 42.5 Å². The van der Waals surface area contributed by atoms with Crippen molar-refractivity contribution in [2.45, 2.75) is 63.8 Å². The van der Waals surface area contributed by atoms with Crippen molar-refractivity contribution in [1.82, 2.24) is 4.90 Å². The van der Waals surface area contributed by atoms with Crippen LogP contribution in [0.5, 0.6) is 0 Å². The van der Waals surface area contributed by atoms with Gasteiger partial charge in [-0.05, 0) is 81.8 Å². The molecule has 0 aliphatic heterocycles. The molecule has 5 nitrogen and oxygen atoms in total. The zero-order chi connectivity index (χ0) is 25.5. The summed E-state index contributed by atoms with van der Waals surface area (Å²) in [5, 5.41) is 2.45. The van der Waals surface area contributed by atoms with Crippen molar-refractivity contribution in [3.05, 3.63) is 65.0 Å². The Morgan fingerprint density at radius 3 is 2.29 bits per heavy atom. The molecule has 2 aromatic carbocycles. The summed E-state index contributed by atoms with van der Waals surface area (Å²) in [7, 11) is 0. The van der Waals surface area contributed by atoms with Crippen molar-refractivity contribution in [3.8, 4) is 0 Å².